The third kappa shape index (κ3) is 4.03. The minimum atomic E-state index is 0.160. The Hall–Kier alpha value is -2.14. The molecule has 24 heavy (non-hydrogen) atoms. The number of benzene rings is 1. The van der Waals surface area contributed by atoms with Gasteiger partial charge in [-0.25, -0.2) is 4.98 Å². The normalized spacial score (nSPS) is 15.4. The highest BCUT2D eigenvalue weighted by Gasteiger charge is 2.16. The summed E-state index contributed by atoms with van der Waals surface area (Å²) in [7, 11) is 0. The van der Waals surface area contributed by atoms with Crippen molar-refractivity contribution in [1.29, 1.82) is 0 Å². The standard InChI is InChI=1S/C19H26N4O/c1-14-13-17(22-18(20-14)23-9-11-24-12-10-23)21-16-7-5-15(6-8-16)19(2,3)4/h5-8,13H,9-12H2,1-4H3,(H,20,21,22). The molecule has 1 aromatic carbocycles. The SMILES string of the molecule is Cc1cc(Nc2ccc(C(C)(C)C)cc2)nc(N2CCOCC2)n1. The summed E-state index contributed by atoms with van der Waals surface area (Å²) in [5.41, 5.74) is 3.48. The van der Waals surface area contributed by atoms with Crippen LogP contribution in [-0.4, -0.2) is 36.3 Å². The van der Waals surface area contributed by atoms with Gasteiger partial charge in [0.15, 0.2) is 0 Å². The van der Waals surface area contributed by atoms with Crippen molar-refractivity contribution in [2.45, 2.75) is 33.1 Å². The van der Waals surface area contributed by atoms with Crippen molar-refractivity contribution < 1.29 is 4.74 Å². The molecule has 1 fully saturated rings. The van der Waals surface area contributed by atoms with E-state index >= 15 is 0 Å². The molecule has 5 heteroatoms. The third-order valence-corrected chi connectivity index (χ3v) is 4.16. The van der Waals surface area contributed by atoms with Crippen molar-refractivity contribution in [1.82, 2.24) is 9.97 Å². The molecule has 0 radical (unpaired) electrons. The zero-order valence-electron chi connectivity index (χ0n) is 15.0. The summed E-state index contributed by atoms with van der Waals surface area (Å²) in [5.74, 6) is 1.60. The number of aromatic nitrogens is 2. The van der Waals surface area contributed by atoms with Gasteiger partial charge in [-0.15, -0.1) is 0 Å². The maximum Gasteiger partial charge on any atom is 0.227 e. The zero-order chi connectivity index (χ0) is 17.2. The summed E-state index contributed by atoms with van der Waals surface area (Å²) in [5, 5.41) is 3.39. The average molecular weight is 326 g/mol. The van der Waals surface area contributed by atoms with Gasteiger partial charge in [-0.05, 0) is 30.0 Å². The van der Waals surface area contributed by atoms with Crippen molar-refractivity contribution in [3.63, 3.8) is 0 Å². The molecular formula is C19H26N4O. The van der Waals surface area contributed by atoms with Crippen LogP contribution in [0.25, 0.3) is 0 Å². The number of hydrogen-bond acceptors (Lipinski definition) is 5. The lowest BCUT2D eigenvalue weighted by atomic mass is 9.87. The first kappa shape index (κ1) is 16.7. The maximum absolute atomic E-state index is 5.40. The highest BCUT2D eigenvalue weighted by molar-refractivity contribution is 5.58. The summed E-state index contributed by atoms with van der Waals surface area (Å²) in [6.07, 6.45) is 0. The van der Waals surface area contributed by atoms with E-state index in [0.717, 1.165) is 49.5 Å². The second-order valence-electron chi connectivity index (χ2n) is 7.25. The molecule has 0 atom stereocenters. The highest BCUT2D eigenvalue weighted by Crippen LogP contribution is 2.25. The van der Waals surface area contributed by atoms with Gasteiger partial charge in [0.25, 0.3) is 0 Å². The lowest BCUT2D eigenvalue weighted by Gasteiger charge is -2.27. The van der Waals surface area contributed by atoms with Gasteiger partial charge in [0.2, 0.25) is 5.95 Å². The maximum atomic E-state index is 5.40. The number of morpholine rings is 1. The molecule has 1 aliphatic heterocycles. The van der Waals surface area contributed by atoms with Crippen LogP contribution < -0.4 is 10.2 Å². The molecule has 0 unspecified atom stereocenters. The predicted octanol–water partition coefficient (Wildman–Crippen LogP) is 3.66. The van der Waals surface area contributed by atoms with Crippen LogP contribution in [0.1, 0.15) is 32.0 Å². The van der Waals surface area contributed by atoms with Crippen molar-refractivity contribution in [3.8, 4) is 0 Å². The Kier molecular flexibility index (Phi) is 4.71. The van der Waals surface area contributed by atoms with Crippen molar-refractivity contribution in [2.75, 3.05) is 36.5 Å². The summed E-state index contributed by atoms with van der Waals surface area (Å²) in [4.78, 5) is 11.4. The first-order valence-corrected chi connectivity index (χ1v) is 8.48. The lowest BCUT2D eigenvalue weighted by molar-refractivity contribution is 0.122. The predicted molar refractivity (Wildman–Crippen MR) is 98.2 cm³/mol. The van der Waals surface area contributed by atoms with Gasteiger partial charge in [0.1, 0.15) is 5.82 Å². The third-order valence-electron chi connectivity index (χ3n) is 4.16. The fourth-order valence-electron chi connectivity index (χ4n) is 2.72. The monoisotopic (exact) mass is 326 g/mol. The Bertz CT molecular complexity index is 686. The first-order chi connectivity index (χ1) is 11.4. The van der Waals surface area contributed by atoms with Crippen molar-refractivity contribution >= 4 is 17.5 Å². The number of nitrogens with one attached hydrogen (secondary N) is 1. The van der Waals surface area contributed by atoms with Gasteiger partial charge in [-0.1, -0.05) is 32.9 Å². The topological polar surface area (TPSA) is 50.3 Å². The van der Waals surface area contributed by atoms with Crippen LogP contribution in [0.2, 0.25) is 0 Å². The molecular weight excluding hydrogens is 300 g/mol. The minimum absolute atomic E-state index is 0.160. The molecule has 0 spiro atoms. The summed E-state index contributed by atoms with van der Waals surface area (Å²) in [6, 6.07) is 10.5. The first-order valence-electron chi connectivity index (χ1n) is 8.48. The fraction of sp³-hybridized carbons (Fsp3) is 0.474. The molecule has 0 amide bonds. The smallest absolute Gasteiger partial charge is 0.227 e. The molecule has 0 saturated carbocycles. The fourth-order valence-corrected chi connectivity index (χ4v) is 2.72. The second-order valence-corrected chi connectivity index (χ2v) is 7.25. The molecule has 1 saturated heterocycles. The van der Waals surface area contributed by atoms with Crippen LogP contribution in [0.3, 0.4) is 0 Å². The van der Waals surface area contributed by atoms with E-state index in [4.69, 9.17) is 4.74 Å². The number of aryl methyl sites for hydroxylation is 1. The van der Waals surface area contributed by atoms with E-state index in [1.165, 1.54) is 5.56 Å². The quantitative estimate of drug-likeness (QED) is 0.933. The zero-order valence-corrected chi connectivity index (χ0v) is 15.0. The van der Waals surface area contributed by atoms with Crippen LogP contribution in [0.15, 0.2) is 30.3 Å². The number of hydrogen-bond donors (Lipinski definition) is 1. The van der Waals surface area contributed by atoms with Gasteiger partial charge < -0.3 is 15.0 Å². The molecule has 1 aromatic heterocycles. The molecule has 3 rings (SSSR count). The van der Waals surface area contributed by atoms with Crippen LogP contribution >= 0.6 is 0 Å². The van der Waals surface area contributed by atoms with Crippen LogP contribution in [0.5, 0.6) is 0 Å². The van der Waals surface area contributed by atoms with E-state index in [9.17, 15) is 0 Å². The Balaban J connectivity index is 1.78. The molecule has 0 aliphatic carbocycles. The lowest BCUT2D eigenvalue weighted by Crippen LogP contribution is -2.37. The van der Waals surface area contributed by atoms with Crippen LogP contribution in [0.4, 0.5) is 17.5 Å². The summed E-state index contributed by atoms with van der Waals surface area (Å²) >= 11 is 0. The Morgan fingerprint density at radius 1 is 1.04 bits per heavy atom. The molecule has 2 aromatic rings. The highest BCUT2D eigenvalue weighted by atomic mass is 16.5. The van der Waals surface area contributed by atoms with Crippen LogP contribution in [0, 0.1) is 6.92 Å². The Labute approximate surface area is 144 Å². The molecule has 0 bridgehead atoms. The number of anilines is 3. The largest absolute Gasteiger partial charge is 0.378 e. The second kappa shape index (κ2) is 6.77. The molecule has 5 nitrogen and oxygen atoms in total. The van der Waals surface area contributed by atoms with Gasteiger partial charge in [0, 0.05) is 30.5 Å². The summed E-state index contributed by atoms with van der Waals surface area (Å²) in [6.45, 7) is 11.8. The van der Waals surface area contributed by atoms with Gasteiger partial charge in [-0.2, -0.15) is 4.98 Å². The number of ether oxygens (including phenoxy) is 1. The molecule has 128 valence electrons. The van der Waals surface area contributed by atoms with E-state index in [0.29, 0.717) is 0 Å². The number of rotatable bonds is 3. The van der Waals surface area contributed by atoms with E-state index < -0.39 is 0 Å². The number of nitrogens with zero attached hydrogens (tertiary/aromatic N) is 3. The average Bonchev–Trinajstić information content (AvgIpc) is 2.55. The van der Waals surface area contributed by atoms with Crippen molar-refractivity contribution in [2.24, 2.45) is 0 Å². The van der Waals surface area contributed by atoms with Crippen LogP contribution in [-0.2, 0) is 10.2 Å². The molecule has 1 aliphatic rings. The van der Waals surface area contributed by atoms with E-state index in [1.807, 2.05) is 13.0 Å². The van der Waals surface area contributed by atoms with E-state index in [1.54, 1.807) is 0 Å². The van der Waals surface area contributed by atoms with Crippen molar-refractivity contribution in [3.05, 3.63) is 41.6 Å². The molecule has 2 heterocycles. The van der Waals surface area contributed by atoms with Gasteiger partial charge in [-0.3, -0.25) is 0 Å². The van der Waals surface area contributed by atoms with Gasteiger partial charge >= 0.3 is 0 Å². The Morgan fingerprint density at radius 2 is 1.71 bits per heavy atom. The Morgan fingerprint density at radius 3 is 2.33 bits per heavy atom. The summed E-state index contributed by atoms with van der Waals surface area (Å²) < 4.78 is 5.40. The van der Waals surface area contributed by atoms with Gasteiger partial charge in [0.05, 0.1) is 13.2 Å². The van der Waals surface area contributed by atoms with E-state index in [2.05, 4.69) is 65.2 Å². The minimum Gasteiger partial charge on any atom is -0.378 e. The molecule has 1 N–H and O–H groups in total. The van der Waals surface area contributed by atoms with E-state index in [-0.39, 0.29) is 5.41 Å².